The Kier molecular flexibility index (Phi) is 6.96. The van der Waals surface area contributed by atoms with Gasteiger partial charge in [0, 0.05) is 42.4 Å². The largest absolute Gasteiger partial charge is 0.383 e. The molecule has 0 atom stereocenters. The zero-order valence-corrected chi connectivity index (χ0v) is 18.0. The first kappa shape index (κ1) is 19.9. The lowest BCUT2D eigenvalue weighted by molar-refractivity contribution is 0.137. The molecule has 2 aromatic heterocycles. The first-order chi connectivity index (χ1) is 11.8. The number of nitrogens with one attached hydrogen (secondary N) is 2. The maximum Gasteiger partial charge on any atom is 0.146 e. The van der Waals surface area contributed by atoms with E-state index in [0.29, 0.717) is 19.1 Å². The van der Waals surface area contributed by atoms with E-state index in [1.54, 1.807) is 0 Å². The molecule has 0 fully saturated rings. The van der Waals surface area contributed by atoms with Crippen LogP contribution in [0.4, 0.5) is 5.82 Å². The smallest absolute Gasteiger partial charge is 0.146 e. The molecule has 136 valence electrons. The molecule has 2 aromatic rings. The van der Waals surface area contributed by atoms with Crippen LogP contribution in [-0.2, 0) is 11.3 Å². The summed E-state index contributed by atoms with van der Waals surface area (Å²) in [6.07, 6.45) is 6.57. The number of hydrogen-bond donors (Lipinski definition) is 3. The number of anilines is 1. The number of rotatable bonds is 9. The molecule has 0 saturated heterocycles. The first-order valence-corrected chi connectivity index (χ1v) is 12.9. The molecule has 0 saturated carbocycles. The third-order valence-electron chi connectivity index (χ3n) is 3.64. The average molecular weight is 472 g/mol. The molecule has 0 aliphatic carbocycles. The Morgan fingerprint density at radius 2 is 2.20 bits per heavy atom. The van der Waals surface area contributed by atoms with Gasteiger partial charge in [0.05, 0.1) is 11.9 Å². The summed E-state index contributed by atoms with van der Waals surface area (Å²) in [5.41, 5.74) is 7.53. The summed E-state index contributed by atoms with van der Waals surface area (Å²) in [4.78, 5) is 8.36. The van der Waals surface area contributed by atoms with Crippen molar-refractivity contribution in [3.63, 3.8) is 0 Å². The third kappa shape index (κ3) is 5.78. The molecule has 0 bridgehead atoms. The van der Waals surface area contributed by atoms with Gasteiger partial charge >= 0.3 is 0 Å². The molecular formula is C16H25IN6OSi. The van der Waals surface area contributed by atoms with E-state index in [-0.39, 0.29) is 0 Å². The van der Waals surface area contributed by atoms with Crippen molar-refractivity contribution in [3.8, 4) is 0 Å². The third-order valence-corrected chi connectivity index (χ3v) is 6.17. The Morgan fingerprint density at radius 3 is 2.88 bits per heavy atom. The van der Waals surface area contributed by atoms with Gasteiger partial charge in [-0.1, -0.05) is 19.6 Å². The summed E-state index contributed by atoms with van der Waals surface area (Å²) < 4.78 is 8.57. The second kappa shape index (κ2) is 8.76. The highest BCUT2D eigenvalue weighted by Gasteiger charge is 2.13. The predicted octanol–water partition coefficient (Wildman–Crippen LogP) is 3.05. The van der Waals surface area contributed by atoms with Gasteiger partial charge in [0.25, 0.3) is 0 Å². The minimum Gasteiger partial charge on any atom is -0.383 e. The van der Waals surface area contributed by atoms with Crippen molar-refractivity contribution in [2.24, 2.45) is 0 Å². The minimum absolute atomic E-state index is 0.445. The molecule has 0 aliphatic rings. The minimum atomic E-state index is -1.06. The van der Waals surface area contributed by atoms with Gasteiger partial charge in [-0.05, 0) is 28.6 Å². The highest BCUT2D eigenvalue weighted by Crippen LogP contribution is 2.25. The number of nitrogens with two attached hydrogens (primary N) is 1. The number of nitrogen functional groups attached to an aromatic ring is 1. The van der Waals surface area contributed by atoms with Crippen LogP contribution in [0, 0.1) is 8.98 Å². The van der Waals surface area contributed by atoms with Gasteiger partial charge in [-0.2, -0.15) is 0 Å². The van der Waals surface area contributed by atoms with Crippen molar-refractivity contribution in [3.05, 3.63) is 27.9 Å². The summed E-state index contributed by atoms with van der Waals surface area (Å²) in [5, 5.41) is 11.6. The zero-order valence-electron chi connectivity index (χ0n) is 14.8. The number of aromatic nitrogens is 3. The van der Waals surface area contributed by atoms with Crippen LogP contribution >= 0.6 is 22.6 Å². The predicted molar refractivity (Wildman–Crippen MR) is 114 cm³/mol. The molecule has 2 rings (SSSR count). The van der Waals surface area contributed by atoms with Crippen LogP contribution < -0.4 is 11.1 Å². The second-order valence-corrected chi connectivity index (χ2v) is 13.8. The number of nitrogens with zero attached hydrogens (tertiary/aromatic N) is 3. The van der Waals surface area contributed by atoms with Gasteiger partial charge < -0.3 is 25.8 Å². The van der Waals surface area contributed by atoms with Gasteiger partial charge in [0.2, 0.25) is 0 Å². The van der Waals surface area contributed by atoms with Crippen LogP contribution in [0.25, 0.3) is 11.0 Å². The van der Waals surface area contributed by atoms with E-state index in [1.165, 1.54) is 12.5 Å². The van der Waals surface area contributed by atoms with Crippen molar-refractivity contribution in [2.45, 2.75) is 32.2 Å². The monoisotopic (exact) mass is 472 g/mol. The molecule has 0 unspecified atom stereocenters. The summed E-state index contributed by atoms with van der Waals surface area (Å²) in [7, 11) is -1.06. The fourth-order valence-electron chi connectivity index (χ4n) is 2.23. The van der Waals surface area contributed by atoms with E-state index < -0.39 is 8.07 Å². The lowest BCUT2D eigenvalue weighted by Gasteiger charge is -2.15. The van der Waals surface area contributed by atoms with Crippen LogP contribution in [0.3, 0.4) is 0 Å². The highest BCUT2D eigenvalue weighted by molar-refractivity contribution is 14.1. The van der Waals surface area contributed by atoms with E-state index in [4.69, 9.17) is 15.9 Å². The van der Waals surface area contributed by atoms with Crippen LogP contribution in [0.15, 0.2) is 24.3 Å². The Labute approximate surface area is 162 Å². The number of hydrogen-bond acceptors (Lipinski definition) is 6. The van der Waals surface area contributed by atoms with Crippen molar-refractivity contribution in [1.29, 1.82) is 5.41 Å². The molecule has 7 nitrogen and oxygen atoms in total. The van der Waals surface area contributed by atoms with Crippen LogP contribution in [0.1, 0.15) is 0 Å². The Balaban J connectivity index is 1.96. The maximum atomic E-state index is 7.62. The molecule has 25 heavy (non-hydrogen) atoms. The Morgan fingerprint density at radius 1 is 1.44 bits per heavy atom. The fraction of sp³-hybridized carbons (Fsp3) is 0.438. The molecule has 0 aromatic carbocycles. The topological polar surface area (TPSA) is 102 Å². The average Bonchev–Trinajstić information content (AvgIpc) is 2.85. The van der Waals surface area contributed by atoms with Crippen molar-refractivity contribution in [2.75, 3.05) is 19.1 Å². The summed E-state index contributed by atoms with van der Waals surface area (Å²) >= 11 is 2.22. The molecule has 9 heteroatoms. The van der Waals surface area contributed by atoms with Gasteiger partial charge in [-0.15, -0.1) is 0 Å². The SMILES string of the molecule is C[Si](C)(C)CCOCN/C=C(\C=N)Cn1cc(I)c2c(N)ncnc21. The summed E-state index contributed by atoms with van der Waals surface area (Å²) in [5.74, 6) is 0.474. The lowest BCUT2D eigenvalue weighted by Crippen LogP contribution is -2.23. The van der Waals surface area contributed by atoms with Gasteiger partial charge in [-0.25, -0.2) is 9.97 Å². The normalized spacial score (nSPS) is 12.6. The molecule has 4 N–H and O–H groups in total. The first-order valence-electron chi connectivity index (χ1n) is 8.07. The van der Waals surface area contributed by atoms with Crippen LogP contribution in [0.2, 0.25) is 25.7 Å². The van der Waals surface area contributed by atoms with Crippen molar-refractivity contribution >= 4 is 53.7 Å². The van der Waals surface area contributed by atoms with Crippen molar-refractivity contribution in [1.82, 2.24) is 19.9 Å². The number of fused-ring (bicyclic) bond motifs is 1. The summed E-state index contributed by atoms with van der Waals surface area (Å²) in [6, 6.07) is 1.14. The molecule has 0 aliphatic heterocycles. The molecular weight excluding hydrogens is 447 g/mol. The number of allylic oxidation sites excluding steroid dienone is 1. The van der Waals surface area contributed by atoms with E-state index in [0.717, 1.165) is 32.8 Å². The fourth-order valence-corrected chi connectivity index (χ4v) is 3.84. The van der Waals surface area contributed by atoms with E-state index in [9.17, 15) is 0 Å². The summed E-state index contributed by atoms with van der Waals surface area (Å²) in [6.45, 7) is 8.73. The van der Waals surface area contributed by atoms with Crippen LogP contribution in [-0.4, -0.2) is 42.2 Å². The highest BCUT2D eigenvalue weighted by atomic mass is 127. The van der Waals surface area contributed by atoms with E-state index in [1.807, 2.05) is 17.0 Å². The van der Waals surface area contributed by atoms with Gasteiger partial charge in [-0.3, -0.25) is 0 Å². The van der Waals surface area contributed by atoms with E-state index in [2.05, 4.69) is 57.5 Å². The van der Waals surface area contributed by atoms with E-state index >= 15 is 0 Å². The Bertz CT molecular complexity index is 768. The van der Waals surface area contributed by atoms with Crippen LogP contribution in [0.5, 0.6) is 0 Å². The van der Waals surface area contributed by atoms with Gasteiger partial charge in [0.15, 0.2) is 0 Å². The number of halogens is 1. The number of ether oxygens (including phenoxy) is 1. The quantitative estimate of drug-likeness (QED) is 0.171. The second-order valence-electron chi connectivity index (χ2n) is 6.99. The lowest BCUT2D eigenvalue weighted by atomic mass is 10.3. The maximum absolute atomic E-state index is 7.62. The Hall–Kier alpha value is -1.46. The standard InChI is InChI=1S/C16H25IN6OSi/c1-25(2,3)5-4-24-11-20-7-12(6-18)8-23-9-13(17)14-15(19)21-10-22-16(14)23/h6-7,9-10,18,20H,4-5,8,11H2,1-3H3,(H2,19,21,22)/b12-7+,18-6?. The van der Waals surface area contributed by atoms with Crippen molar-refractivity contribution < 1.29 is 4.74 Å². The molecule has 2 heterocycles. The molecule has 0 spiro atoms. The van der Waals surface area contributed by atoms with Gasteiger partial charge in [0.1, 0.15) is 24.5 Å². The molecule has 0 radical (unpaired) electrons. The molecule has 0 amide bonds. The zero-order chi connectivity index (χ0) is 18.4.